The van der Waals surface area contributed by atoms with Crippen LogP contribution >= 0.6 is 11.3 Å². The number of aromatic nitrogens is 1. The lowest BCUT2D eigenvalue weighted by Crippen LogP contribution is -2.36. The zero-order valence-electron chi connectivity index (χ0n) is 23.0. The second-order valence-electron chi connectivity index (χ2n) is 10.3. The first-order valence-corrected chi connectivity index (χ1v) is 14.8. The first-order valence-electron chi connectivity index (χ1n) is 13.9. The Bertz CT molecular complexity index is 1410. The summed E-state index contributed by atoms with van der Waals surface area (Å²) in [5.41, 5.74) is 4.53. The maximum absolute atomic E-state index is 12.8. The second kappa shape index (κ2) is 12.5. The fraction of sp³-hybridized carbons (Fsp3) is 0.419. The van der Waals surface area contributed by atoms with Gasteiger partial charge in [0.2, 0.25) is 0 Å². The molecule has 9 heteroatoms. The van der Waals surface area contributed by atoms with Gasteiger partial charge in [-0.25, -0.2) is 4.98 Å². The van der Waals surface area contributed by atoms with Crippen LogP contribution in [0.25, 0.3) is 11.3 Å². The van der Waals surface area contributed by atoms with Crippen molar-refractivity contribution in [1.82, 2.24) is 9.88 Å². The summed E-state index contributed by atoms with van der Waals surface area (Å²) < 4.78 is 11.4. The normalized spacial score (nSPS) is 15.6. The van der Waals surface area contributed by atoms with Crippen LogP contribution < -0.4 is 9.64 Å². The number of nitriles is 1. The number of benzene rings is 2. The number of hydrogen-bond acceptors (Lipinski definition) is 8. The quantitative estimate of drug-likeness (QED) is 0.333. The Hall–Kier alpha value is -3.90. The predicted molar refractivity (Wildman–Crippen MR) is 154 cm³/mol. The van der Waals surface area contributed by atoms with Crippen LogP contribution in [0.3, 0.4) is 0 Å². The molecule has 1 aromatic heterocycles. The van der Waals surface area contributed by atoms with E-state index in [0.717, 1.165) is 79.4 Å². The highest BCUT2D eigenvalue weighted by atomic mass is 32.1. The first-order chi connectivity index (χ1) is 19.5. The Morgan fingerprint density at radius 3 is 2.60 bits per heavy atom. The van der Waals surface area contributed by atoms with Crippen molar-refractivity contribution in [2.45, 2.75) is 46.1 Å². The van der Waals surface area contributed by atoms with Crippen molar-refractivity contribution < 1.29 is 19.1 Å². The van der Waals surface area contributed by atoms with Gasteiger partial charge in [0, 0.05) is 48.2 Å². The van der Waals surface area contributed by atoms with Gasteiger partial charge in [-0.1, -0.05) is 17.7 Å². The number of likely N-dealkylation sites (tertiary alicyclic amines) is 1. The smallest absolute Gasteiger partial charge is 0.309 e. The second-order valence-corrected chi connectivity index (χ2v) is 11.1. The number of esters is 1. The highest BCUT2D eigenvalue weighted by molar-refractivity contribution is 7.14. The van der Waals surface area contributed by atoms with E-state index in [1.54, 1.807) is 23.5 Å². The van der Waals surface area contributed by atoms with Crippen molar-refractivity contribution in [2.24, 2.45) is 5.92 Å². The molecule has 1 amide bonds. The molecule has 0 spiro atoms. The third-order valence-corrected chi connectivity index (χ3v) is 8.44. The summed E-state index contributed by atoms with van der Waals surface area (Å²) in [6.45, 7) is 7.56. The molecule has 2 aliphatic heterocycles. The van der Waals surface area contributed by atoms with Gasteiger partial charge >= 0.3 is 5.97 Å². The molecule has 0 atom stereocenters. The summed E-state index contributed by atoms with van der Waals surface area (Å²) in [5.74, 6) is 0.519. The number of thiazole rings is 1. The van der Waals surface area contributed by atoms with Crippen LogP contribution in [0.15, 0.2) is 41.8 Å². The molecule has 2 aliphatic rings. The van der Waals surface area contributed by atoms with Gasteiger partial charge in [-0.3, -0.25) is 9.59 Å². The van der Waals surface area contributed by atoms with Crippen molar-refractivity contribution in [2.75, 3.05) is 37.7 Å². The zero-order chi connectivity index (χ0) is 28.1. The van der Waals surface area contributed by atoms with E-state index in [0.29, 0.717) is 23.5 Å². The number of aryl methyl sites for hydroxylation is 1. The van der Waals surface area contributed by atoms with Crippen LogP contribution in [0.1, 0.15) is 59.7 Å². The van der Waals surface area contributed by atoms with E-state index >= 15 is 0 Å². The minimum absolute atomic E-state index is 0.0215. The van der Waals surface area contributed by atoms with Crippen molar-refractivity contribution in [3.8, 4) is 23.1 Å². The Kier molecular flexibility index (Phi) is 8.66. The Balaban J connectivity index is 1.28. The lowest BCUT2D eigenvalue weighted by Gasteiger charge is -2.30. The maximum atomic E-state index is 12.8. The average molecular weight is 559 g/mol. The molecule has 0 saturated carbocycles. The van der Waals surface area contributed by atoms with Crippen LogP contribution in [0.2, 0.25) is 0 Å². The molecule has 0 aliphatic carbocycles. The van der Waals surface area contributed by atoms with Crippen LogP contribution in [-0.4, -0.2) is 54.5 Å². The number of nitrogens with zero attached hydrogens (tertiary/aromatic N) is 4. The van der Waals surface area contributed by atoms with Gasteiger partial charge in [0.1, 0.15) is 12.4 Å². The van der Waals surface area contributed by atoms with E-state index in [4.69, 9.17) is 14.5 Å². The van der Waals surface area contributed by atoms with E-state index in [9.17, 15) is 14.9 Å². The van der Waals surface area contributed by atoms with Crippen LogP contribution in [-0.2, 0) is 16.1 Å². The number of hydrogen-bond donors (Lipinski definition) is 0. The third-order valence-electron chi connectivity index (χ3n) is 7.54. The molecule has 2 aromatic carbocycles. The Morgan fingerprint density at radius 1 is 1.10 bits per heavy atom. The lowest BCUT2D eigenvalue weighted by molar-refractivity contribution is -0.148. The molecular formula is C31H34N4O4S. The standard InChI is InChI=1S/C31H34N4O4S/c1-3-38-30(37)22-10-14-35(15-11-22)31-33-27(20-40-31)26-16-21(2)6-9-28(26)39-19-24-8-7-23(17-25(24)18-32)29(36)34-12-4-5-13-34/h6-9,16-17,20,22H,3-5,10-15,19H2,1-2H3. The molecule has 0 bridgehead atoms. The lowest BCUT2D eigenvalue weighted by atomic mass is 9.97. The van der Waals surface area contributed by atoms with Crippen molar-refractivity contribution in [1.29, 1.82) is 5.26 Å². The van der Waals surface area contributed by atoms with Crippen molar-refractivity contribution in [3.05, 3.63) is 64.0 Å². The molecule has 5 rings (SSSR count). The molecule has 2 fully saturated rings. The summed E-state index contributed by atoms with van der Waals surface area (Å²) in [5, 5.41) is 12.7. The van der Waals surface area contributed by atoms with Gasteiger partial charge < -0.3 is 19.3 Å². The van der Waals surface area contributed by atoms with Crippen LogP contribution in [0.5, 0.6) is 5.75 Å². The van der Waals surface area contributed by atoms with E-state index < -0.39 is 0 Å². The SMILES string of the molecule is CCOC(=O)C1CCN(c2nc(-c3cc(C)ccc3OCc3ccc(C(=O)N4CCCC4)cc3C#N)cs2)CC1. The van der Waals surface area contributed by atoms with Gasteiger partial charge in [0.25, 0.3) is 5.91 Å². The van der Waals surface area contributed by atoms with Crippen molar-refractivity contribution >= 4 is 28.3 Å². The molecule has 2 saturated heterocycles. The van der Waals surface area contributed by atoms with Gasteiger partial charge in [-0.15, -0.1) is 11.3 Å². The Morgan fingerprint density at radius 2 is 1.88 bits per heavy atom. The summed E-state index contributed by atoms with van der Waals surface area (Å²) in [6, 6.07) is 13.5. The number of piperidine rings is 1. The van der Waals surface area contributed by atoms with Crippen molar-refractivity contribution in [3.63, 3.8) is 0 Å². The molecule has 8 nitrogen and oxygen atoms in total. The van der Waals surface area contributed by atoms with E-state index in [-0.39, 0.29) is 24.4 Å². The summed E-state index contributed by atoms with van der Waals surface area (Å²) >= 11 is 1.58. The largest absolute Gasteiger partial charge is 0.488 e. The predicted octanol–water partition coefficient (Wildman–Crippen LogP) is 5.58. The number of ether oxygens (including phenoxy) is 2. The monoisotopic (exact) mass is 558 g/mol. The maximum Gasteiger partial charge on any atom is 0.309 e. The average Bonchev–Trinajstić information content (AvgIpc) is 3.70. The molecular weight excluding hydrogens is 524 g/mol. The summed E-state index contributed by atoms with van der Waals surface area (Å²) in [6.07, 6.45) is 3.57. The molecule has 0 N–H and O–H groups in total. The minimum Gasteiger partial charge on any atom is -0.488 e. The number of carbonyl (C=O) groups excluding carboxylic acids is 2. The fourth-order valence-electron chi connectivity index (χ4n) is 5.27. The zero-order valence-corrected chi connectivity index (χ0v) is 23.8. The highest BCUT2D eigenvalue weighted by Crippen LogP contribution is 2.36. The van der Waals surface area contributed by atoms with Crippen LogP contribution in [0.4, 0.5) is 5.13 Å². The fourth-order valence-corrected chi connectivity index (χ4v) is 6.15. The van der Waals surface area contributed by atoms with E-state index in [1.165, 1.54) is 0 Å². The molecule has 0 radical (unpaired) electrons. The number of anilines is 1. The minimum atomic E-state index is -0.101. The molecule has 40 heavy (non-hydrogen) atoms. The van der Waals surface area contributed by atoms with Gasteiger partial charge in [0.15, 0.2) is 5.13 Å². The third kappa shape index (κ3) is 6.13. The summed E-state index contributed by atoms with van der Waals surface area (Å²) in [7, 11) is 0. The molecule has 208 valence electrons. The first kappa shape index (κ1) is 27.7. The topological polar surface area (TPSA) is 95.8 Å². The highest BCUT2D eigenvalue weighted by Gasteiger charge is 2.27. The molecule has 3 aromatic rings. The number of carbonyl (C=O) groups is 2. The van der Waals surface area contributed by atoms with E-state index in [2.05, 4.69) is 17.0 Å². The summed E-state index contributed by atoms with van der Waals surface area (Å²) in [4.78, 5) is 33.9. The Labute approximate surface area is 239 Å². The van der Waals surface area contributed by atoms with Gasteiger partial charge in [-0.2, -0.15) is 5.26 Å². The van der Waals surface area contributed by atoms with Gasteiger partial charge in [-0.05, 0) is 63.8 Å². The number of amides is 1. The van der Waals surface area contributed by atoms with E-state index in [1.807, 2.05) is 42.3 Å². The number of rotatable bonds is 8. The van der Waals surface area contributed by atoms with Crippen LogP contribution in [0, 0.1) is 24.2 Å². The van der Waals surface area contributed by atoms with Gasteiger partial charge in [0.05, 0.1) is 29.9 Å². The molecule has 3 heterocycles. The molecule has 0 unspecified atom stereocenters.